The number of carbonyl (C=O) groups is 3. The average molecular weight is 470 g/mol. The van der Waals surface area contributed by atoms with E-state index in [4.69, 9.17) is 4.74 Å². The zero-order chi connectivity index (χ0) is 24.4. The highest BCUT2D eigenvalue weighted by Crippen LogP contribution is 2.33. The third-order valence-corrected chi connectivity index (χ3v) is 6.63. The van der Waals surface area contributed by atoms with Gasteiger partial charge in [0.2, 0.25) is 5.91 Å². The van der Waals surface area contributed by atoms with E-state index in [-0.39, 0.29) is 24.3 Å². The first-order chi connectivity index (χ1) is 17.0. The third kappa shape index (κ3) is 4.49. The van der Waals surface area contributed by atoms with Gasteiger partial charge in [0.25, 0.3) is 11.8 Å². The van der Waals surface area contributed by atoms with E-state index in [2.05, 4.69) is 5.32 Å². The lowest BCUT2D eigenvalue weighted by molar-refractivity contribution is -0.122. The van der Waals surface area contributed by atoms with Crippen LogP contribution in [0.2, 0.25) is 0 Å². The minimum Gasteiger partial charge on any atom is -0.497 e. The number of para-hydroxylation sites is 1. The fourth-order valence-corrected chi connectivity index (χ4v) is 4.79. The van der Waals surface area contributed by atoms with Crippen LogP contribution in [0.15, 0.2) is 72.8 Å². The monoisotopic (exact) mass is 469 g/mol. The summed E-state index contributed by atoms with van der Waals surface area (Å²) in [6.45, 7) is 1.28. The van der Waals surface area contributed by atoms with E-state index in [0.29, 0.717) is 36.3 Å². The van der Waals surface area contributed by atoms with Crippen LogP contribution in [0.4, 0.5) is 5.69 Å². The summed E-state index contributed by atoms with van der Waals surface area (Å²) in [6, 6.07) is 21.6. The molecule has 35 heavy (non-hydrogen) atoms. The molecule has 178 valence electrons. The van der Waals surface area contributed by atoms with Gasteiger partial charge in [0.15, 0.2) is 0 Å². The maximum Gasteiger partial charge on any atom is 0.256 e. The molecule has 3 aromatic carbocycles. The molecule has 7 heteroatoms. The molecule has 1 N–H and O–H groups in total. The molecule has 0 aliphatic carbocycles. The van der Waals surface area contributed by atoms with Gasteiger partial charge in [-0.25, -0.2) is 0 Å². The van der Waals surface area contributed by atoms with Crippen LogP contribution in [-0.2, 0) is 17.9 Å². The predicted molar refractivity (Wildman–Crippen MR) is 132 cm³/mol. The number of nitrogens with one attached hydrogen (secondary N) is 1. The van der Waals surface area contributed by atoms with Crippen molar-refractivity contribution in [2.45, 2.75) is 32.0 Å². The molecular formula is C28H27N3O4. The van der Waals surface area contributed by atoms with Gasteiger partial charge in [-0.3, -0.25) is 14.4 Å². The van der Waals surface area contributed by atoms with Gasteiger partial charge in [-0.05, 0) is 60.4 Å². The summed E-state index contributed by atoms with van der Waals surface area (Å²) in [7, 11) is 1.61. The highest BCUT2D eigenvalue weighted by Gasteiger charge is 2.41. The zero-order valence-electron chi connectivity index (χ0n) is 19.6. The molecule has 0 unspecified atom stereocenters. The number of carbonyl (C=O) groups excluding carboxylic acids is 3. The Morgan fingerprint density at radius 2 is 1.80 bits per heavy atom. The van der Waals surface area contributed by atoms with Crippen molar-refractivity contribution in [1.82, 2.24) is 10.2 Å². The van der Waals surface area contributed by atoms with Crippen LogP contribution in [0.3, 0.4) is 0 Å². The van der Waals surface area contributed by atoms with Crippen molar-refractivity contribution in [3.05, 3.63) is 95.1 Å². The van der Waals surface area contributed by atoms with Crippen LogP contribution in [0, 0.1) is 0 Å². The number of fused-ring (bicyclic) bond motifs is 2. The van der Waals surface area contributed by atoms with E-state index in [1.165, 1.54) is 0 Å². The van der Waals surface area contributed by atoms with Crippen molar-refractivity contribution in [2.75, 3.05) is 18.6 Å². The van der Waals surface area contributed by atoms with Gasteiger partial charge in [0.05, 0.1) is 24.9 Å². The molecule has 2 aliphatic rings. The van der Waals surface area contributed by atoms with Crippen molar-refractivity contribution in [1.29, 1.82) is 0 Å². The van der Waals surface area contributed by atoms with E-state index in [0.717, 1.165) is 23.3 Å². The number of amides is 3. The number of ether oxygens (including phenoxy) is 1. The first kappa shape index (κ1) is 22.7. The standard InChI is InChI=1S/C28H27N3O4/c1-35-22-13-11-19(12-14-22)17-29-26(32)21-7-4-6-20(16-21)18-31-24-9-3-2-8-23(24)27(33)30-15-5-10-25(30)28(31)34/h2-4,6-9,11-14,16,25H,5,10,15,17-18H2,1H3,(H,29,32)/t25-/m1/s1. The van der Waals surface area contributed by atoms with Crippen molar-refractivity contribution in [3.63, 3.8) is 0 Å². The smallest absolute Gasteiger partial charge is 0.256 e. The van der Waals surface area contributed by atoms with Gasteiger partial charge in [-0.15, -0.1) is 0 Å². The Morgan fingerprint density at radius 1 is 1.00 bits per heavy atom. The summed E-state index contributed by atoms with van der Waals surface area (Å²) in [5.41, 5.74) is 3.46. The SMILES string of the molecule is COc1ccc(CNC(=O)c2cccc(CN3C(=O)[C@H]4CCCN4C(=O)c4ccccc43)c2)cc1. The first-order valence-electron chi connectivity index (χ1n) is 11.8. The van der Waals surface area contributed by atoms with Crippen molar-refractivity contribution >= 4 is 23.4 Å². The second-order valence-corrected chi connectivity index (χ2v) is 8.83. The Labute approximate surface area is 204 Å². The van der Waals surface area contributed by atoms with Crippen LogP contribution in [-0.4, -0.2) is 42.3 Å². The Hall–Kier alpha value is -4.13. The molecule has 7 nitrogen and oxygen atoms in total. The van der Waals surface area contributed by atoms with Crippen LogP contribution < -0.4 is 15.0 Å². The number of methoxy groups -OCH3 is 1. The summed E-state index contributed by atoms with van der Waals surface area (Å²) in [4.78, 5) is 42.8. The molecule has 1 fully saturated rings. The number of nitrogens with zero attached hydrogens (tertiary/aromatic N) is 2. The van der Waals surface area contributed by atoms with Gasteiger partial charge < -0.3 is 19.9 Å². The van der Waals surface area contributed by atoms with Crippen LogP contribution in [0.25, 0.3) is 0 Å². The van der Waals surface area contributed by atoms with Crippen LogP contribution in [0.5, 0.6) is 5.75 Å². The molecule has 0 spiro atoms. The Kier molecular flexibility index (Phi) is 6.23. The number of benzene rings is 3. The lowest BCUT2D eigenvalue weighted by Gasteiger charge is -2.26. The molecule has 2 aliphatic heterocycles. The minimum atomic E-state index is -0.439. The summed E-state index contributed by atoms with van der Waals surface area (Å²) >= 11 is 0. The summed E-state index contributed by atoms with van der Waals surface area (Å²) in [6.07, 6.45) is 1.49. The van der Waals surface area contributed by atoms with E-state index in [1.54, 1.807) is 35.1 Å². The van der Waals surface area contributed by atoms with E-state index in [9.17, 15) is 14.4 Å². The second kappa shape index (κ2) is 9.62. The molecule has 0 saturated carbocycles. The number of hydrogen-bond donors (Lipinski definition) is 1. The number of hydrogen-bond acceptors (Lipinski definition) is 4. The van der Waals surface area contributed by atoms with Gasteiger partial charge in [0.1, 0.15) is 11.8 Å². The van der Waals surface area contributed by atoms with Gasteiger partial charge >= 0.3 is 0 Å². The minimum absolute atomic E-state index is 0.0739. The fourth-order valence-electron chi connectivity index (χ4n) is 4.79. The molecule has 2 heterocycles. The zero-order valence-corrected chi connectivity index (χ0v) is 19.6. The van der Waals surface area contributed by atoms with Gasteiger partial charge in [-0.1, -0.05) is 36.4 Å². The van der Waals surface area contributed by atoms with Crippen molar-refractivity contribution < 1.29 is 19.1 Å². The maximum absolute atomic E-state index is 13.5. The first-order valence-corrected chi connectivity index (χ1v) is 11.8. The van der Waals surface area contributed by atoms with Gasteiger partial charge in [0, 0.05) is 18.7 Å². The molecule has 0 aromatic heterocycles. The maximum atomic E-state index is 13.5. The fraction of sp³-hybridized carbons (Fsp3) is 0.250. The predicted octanol–water partition coefficient (Wildman–Crippen LogP) is 3.78. The largest absolute Gasteiger partial charge is 0.497 e. The van der Waals surface area contributed by atoms with E-state index < -0.39 is 6.04 Å². The molecule has 1 atom stereocenters. The highest BCUT2D eigenvalue weighted by atomic mass is 16.5. The average Bonchev–Trinajstić information content (AvgIpc) is 3.37. The summed E-state index contributed by atoms with van der Waals surface area (Å²) < 4.78 is 5.17. The molecule has 0 bridgehead atoms. The lowest BCUT2D eigenvalue weighted by atomic mass is 10.1. The second-order valence-electron chi connectivity index (χ2n) is 8.83. The molecule has 1 saturated heterocycles. The van der Waals surface area contributed by atoms with Crippen LogP contribution >= 0.6 is 0 Å². The van der Waals surface area contributed by atoms with Crippen LogP contribution in [0.1, 0.15) is 44.7 Å². The molecular weight excluding hydrogens is 442 g/mol. The number of rotatable bonds is 6. The molecule has 3 amide bonds. The summed E-state index contributed by atoms with van der Waals surface area (Å²) in [5, 5.41) is 2.94. The molecule has 3 aromatic rings. The van der Waals surface area contributed by atoms with Crippen molar-refractivity contribution in [2.24, 2.45) is 0 Å². The Bertz CT molecular complexity index is 1270. The normalized spacial score (nSPS) is 17.0. The lowest BCUT2D eigenvalue weighted by Crippen LogP contribution is -2.44. The highest BCUT2D eigenvalue weighted by molar-refractivity contribution is 6.11. The summed E-state index contributed by atoms with van der Waals surface area (Å²) in [5.74, 6) is 0.406. The van der Waals surface area contributed by atoms with Crippen molar-refractivity contribution in [3.8, 4) is 5.75 Å². The Morgan fingerprint density at radius 3 is 2.60 bits per heavy atom. The molecule has 0 radical (unpaired) electrons. The van der Waals surface area contributed by atoms with E-state index in [1.807, 2.05) is 54.6 Å². The van der Waals surface area contributed by atoms with Gasteiger partial charge in [-0.2, -0.15) is 0 Å². The Balaban J connectivity index is 1.35. The quantitative estimate of drug-likeness (QED) is 0.596. The topological polar surface area (TPSA) is 79.0 Å². The van der Waals surface area contributed by atoms with E-state index >= 15 is 0 Å². The molecule has 5 rings (SSSR count). The third-order valence-electron chi connectivity index (χ3n) is 6.63. The number of anilines is 1.